The van der Waals surface area contributed by atoms with E-state index in [-0.39, 0.29) is 18.4 Å². The third-order valence-corrected chi connectivity index (χ3v) is 3.57. The standard InChI is InChI=1S/C13H18N2O2/c1-3-13(17)9-11(16)15(4-2)12(13)10-5-7-14-8-6-10/h5-8,12,17H,3-4,9H2,1-2H3. The Morgan fingerprint density at radius 1 is 1.47 bits per heavy atom. The van der Waals surface area contributed by atoms with Crippen LogP contribution in [0.15, 0.2) is 24.5 Å². The molecule has 17 heavy (non-hydrogen) atoms. The van der Waals surface area contributed by atoms with E-state index in [2.05, 4.69) is 4.98 Å². The molecule has 4 heteroatoms. The summed E-state index contributed by atoms with van der Waals surface area (Å²) in [6.07, 6.45) is 4.18. The van der Waals surface area contributed by atoms with Gasteiger partial charge in [-0.15, -0.1) is 0 Å². The Morgan fingerprint density at radius 2 is 2.12 bits per heavy atom. The molecule has 0 aromatic carbocycles. The molecule has 1 N–H and O–H groups in total. The first-order valence-corrected chi connectivity index (χ1v) is 6.04. The minimum atomic E-state index is -0.950. The molecule has 1 aliphatic heterocycles. The summed E-state index contributed by atoms with van der Waals surface area (Å²) in [5, 5.41) is 10.6. The van der Waals surface area contributed by atoms with Crippen LogP contribution in [0.1, 0.15) is 38.3 Å². The van der Waals surface area contributed by atoms with Crippen LogP contribution in [0, 0.1) is 0 Å². The van der Waals surface area contributed by atoms with Crippen LogP contribution >= 0.6 is 0 Å². The highest BCUT2D eigenvalue weighted by molar-refractivity contribution is 5.81. The van der Waals surface area contributed by atoms with E-state index in [0.717, 1.165) is 5.56 Å². The molecular formula is C13H18N2O2. The number of amides is 1. The molecule has 2 unspecified atom stereocenters. The Morgan fingerprint density at radius 3 is 2.65 bits per heavy atom. The van der Waals surface area contributed by atoms with Crippen molar-refractivity contribution in [2.45, 2.75) is 38.3 Å². The first-order chi connectivity index (χ1) is 8.12. The number of pyridine rings is 1. The second kappa shape index (κ2) is 4.45. The Kier molecular flexibility index (Phi) is 3.15. The third kappa shape index (κ3) is 1.93. The van der Waals surface area contributed by atoms with Crippen LogP contribution < -0.4 is 0 Å². The van der Waals surface area contributed by atoms with Crippen LogP contribution in [-0.4, -0.2) is 33.0 Å². The lowest BCUT2D eigenvalue weighted by Crippen LogP contribution is -2.37. The minimum absolute atomic E-state index is 0.0265. The molecule has 1 amide bonds. The van der Waals surface area contributed by atoms with E-state index in [0.29, 0.717) is 13.0 Å². The maximum Gasteiger partial charge on any atom is 0.226 e. The quantitative estimate of drug-likeness (QED) is 0.862. The van der Waals surface area contributed by atoms with Gasteiger partial charge in [-0.3, -0.25) is 9.78 Å². The Hall–Kier alpha value is -1.42. The van der Waals surface area contributed by atoms with E-state index >= 15 is 0 Å². The van der Waals surface area contributed by atoms with Crippen molar-refractivity contribution in [2.75, 3.05) is 6.54 Å². The molecule has 2 heterocycles. The van der Waals surface area contributed by atoms with Crippen LogP contribution in [0.2, 0.25) is 0 Å². The summed E-state index contributed by atoms with van der Waals surface area (Å²) in [6, 6.07) is 3.49. The molecule has 1 fully saturated rings. The molecule has 1 aromatic heterocycles. The molecule has 1 saturated heterocycles. The van der Waals surface area contributed by atoms with E-state index in [1.807, 2.05) is 26.0 Å². The molecule has 0 bridgehead atoms. The van der Waals surface area contributed by atoms with Crippen molar-refractivity contribution in [3.05, 3.63) is 30.1 Å². The van der Waals surface area contributed by atoms with E-state index in [1.54, 1.807) is 17.3 Å². The van der Waals surface area contributed by atoms with Crippen molar-refractivity contribution >= 4 is 5.91 Å². The van der Waals surface area contributed by atoms with Crippen molar-refractivity contribution in [1.82, 2.24) is 9.88 Å². The molecular weight excluding hydrogens is 216 g/mol. The maximum absolute atomic E-state index is 11.9. The summed E-state index contributed by atoms with van der Waals surface area (Å²) in [7, 11) is 0. The van der Waals surface area contributed by atoms with Crippen LogP contribution in [0.4, 0.5) is 0 Å². The van der Waals surface area contributed by atoms with Crippen molar-refractivity contribution in [3.63, 3.8) is 0 Å². The highest BCUT2D eigenvalue weighted by atomic mass is 16.3. The van der Waals surface area contributed by atoms with Crippen molar-refractivity contribution in [1.29, 1.82) is 0 Å². The van der Waals surface area contributed by atoms with E-state index in [1.165, 1.54) is 0 Å². The minimum Gasteiger partial charge on any atom is -0.387 e. The molecule has 0 radical (unpaired) electrons. The largest absolute Gasteiger partial charge is 0.387 e. The predicted molar refractivity (Wildman–Crippen MR) is 64.2 cm³/mol. The molecule has 0 aliphatic carbocycles. The molecule has 2 rings (SSSR count). The highest BCUT2D eigenvalue weighted by Gasteiger charge is 2.49. The number of likely N-dealkylation sites (tertiary alicyclic amines) is 1. The fraction of sp³-hybridized carbons (Fsp3) is 0.538. The van der Waals surface area contributed by atoms with E-state index in [9.17, 15) is 9.90 Å². The van der Waals surface area contributed by atoms with Gasteiger partial charge in [-0.25, -0.2) is 0 Å². The van der Waals surface area contributed by atoms with Gasteiger partial charge < -0.3 is 10.0 Å². The zero-order valence-electron chi connectivity index (χ0n) is 10.3. The first-order valence-electron chi connectivity index (χ1n) is 6.04. The number of hydrogen-bond acceptors (Lipinski definition) is 3. The van der Waals surface area contributed by atoms with Gasteiger partial charge in [0.15, 0.2) is 0 Å². The van der Waals surface area contributed by atoms with Gasteiger partial charge in [-0.1, -0.05) is 6.92 Å². The Bertz CT molecular complexity index is 407. The van der Waals surface area contributed by atoms with E-state index < -0.39 is 5.60 Å². The number of likely N-dealkylation sites (N-methyl/N-ethyl adjacent to an activating group) is 1. The zero-order chi connectivity index (χ0) is 12.5. The smallest absolute Gasteiger partial charge is 0.226 e. The third-order valence-electron chi connectivity index (χ3n) is 3.57. The molecule has 92 valence electrons. The van der Waals surface area contributed by atoms with Crippen molar-refractivity contribution in [2.24, 2.45) is 0 Å². The lowest BCUT2D eigenvalue weighted by Gasteiger charge is -2.32. The average molecular weight is 234 g/mol. The molecule has 1 aliphatic rings. The van der Waals surface area contributed by atoms with Crippen LogP contribution in [-0.2, 0) is 4.79 Å². The second-order valence-corrected chi connectivity index (χ2v) is 4.50. The number of aliphatic hydroxyl groups is 1. The lowest BCUT2D eigenvalue weighted by atomic mass is 9.87. The van der Waals surface area contributed by atoms with Gasteiger partial charge in [0.05, 0.1) is 18.1 Å². The fourth-order valence-corrected chi connectivity index (χ4v) is 2.61. The van der Waals surface area contributed by atoms with Crippen LogP contribution in [0.3, 0.4) is 0 Å². The van der Waals surface area contributed by atoms with Crippen molar-refractivity contribution in [3.8, 4) is 0 Å². The fourth-order valence-electron chi connectivity index (χ4n) is 2.61. The number of hydrogen-bond donors (Lipinski definition) is 1. The number of carbonyl (C=O) groups excluding carboxylic acids is 1. The van der Waals surface area contributed by atoms with Gasteiger partial charge in [0.1, 0.15) is 0 Å². The molecule has 4 nitrogen and oxygen atoms in total. The van der Waals surface area contributed by atoms with Gasteiger partial charge in [0.25, 0.3) is 0 Å². The topological polar surface area (TPSA) is 53.4 Å². The first kappa shape index (κ1) is 12.0. The molecule has 0 spiro atoms. The normalized spacial score (nSPS) is 28.8. The lowest BCUT2D eigenvalue weighted by molar-refractivity contribution is -0.128. The van der Waals surface area contributed by atoms with Gasteiger partial charge in [-0.2, -0.15) is 0 Å². The second-order valence-electron chi connectivity index (χ2n) is 4.50. The SMILES string of the molecule is CCN1C(=O)CC(O)(CC)C1c1ccncc1. The molecule has 2 atom stereocenters. The van der Waals surface area contributed by atoms with Crippen LogP contribution in [0.5, 0.6) is 0 Å². The zero-order valence-corrected chi connectivity index (χ0v) is 10.3. The van der Waals surface area contributed by atoms with Crippen molar-refractivity contribution < 1.29 is 9.90 Å². The predicted octanol–water partition coefficient (Wildman–Crippen LogP) is 1.52. The molecule has 0 saturated carbocycles. The Labute approximate surface area is 101 Å². The van der Waals surface area contributed by atoms with Crippen LogP contribution in [0.25, 0.3) is 0 Å². The van der Waals surface area contributed by atoms with Gasteiger partial charge in [0, 0.05) is 18.9 Å². The average Bonchev–Trinajstić information content (AvgIpc) is 2.62. The van der Waals surface area contributed by atoms with Gasteiger partial charge in [0.2, 0.25) is 5.91 Å². The van der Waals surface area contributed by atoms with E-state index in [4.69, 9.17) is 0 Å². The van der Waals surface area contributed by atoms with Gasteiger partial charge >= 0.3 is 0 Å². The number of rotatable bonds is 3. The molecule has 1 aromatic rings. The van der Waals surface area contributed by atoms with Gasteiger partial charge in [-0.05, 0) is 31.0 Å². The highest BCUT2D eigenvalue weighted by Crippen LogP contribution is 2.42. The summed E-state index contributed by atoms with van der Waals surface area (Å²) in [6.45, 7) is 4.47. The maximum atomic E-state index is 11.9. The summed E-state index contributed by atoms with van der Waals surface area (Å²) in [5.41, 5.74) is 0.00565. The summed E-state index contributed by atoms with van der Waals surface area (Å²) in [4.78, 5) is 17.6. The number of nitrogens with zero attached hydrogens (tertiary/aromatic N) is 2. The number of aromatic nitrogens is 1. The summed E-state index contributed by atoms with van der Waals surface area (Å²) < 4.78 is 0. The summed E-state index contributed by atoms with van der Waals surface area (Å²) in [5.74, 6) is 0.0265. The Balaban J connectivity index is 2.43. The number of carbonyl (C=O) groups is 1. The summed E-state index contributed by atoms with van der Waals surface area (Å²) >= 11 is 0. The monoisotopic (exact) mass is 234 g/mol.